The predicted molar refractivity (Wildman–Crippen MR) is 110 cm³/mol. The lowest BCUT2D eigenvalue weighted by Gasteiger charge is -2.24. The van der Waals surface area contributed by atoms with Gasteiger partial charge in [0.25, 0.3) is 0 Å². The molecule has 1 aromatic carbocycles. The number of carbonyl (C=O) groups is 3. The number of primary amides is 1. The molecular formula is C21H27N5O4. The van der Waals surface area contributed by atoms with E-state index in [1.807, 2.05) is 24.3 Å². The zero-order chi connectivity index (χ0) is 21.4. The summed E-state index contributed by atoms with van der Waals surface area (Å²) >= 11 is 0. The van der Waals surface area contributed by atoms with Crippen molar-refractivity contribution in [2.45, 2.75) is 56.5 Å². The lowest BCUT2D eigenvalue weighted by molar-refractivity contribution is -0.133. The van der Waals surface area contributed by atoms with Crippen molar-refractivity contribution in [2.75, 3.05) is 0 Å². The molecule has 7 N–H and O–H groups in total. The number of aliphatic hydroxyl groups is 1. The quantitative estimate of drug-likeness (QED) is 0.338. The molecule has 0 radical (unpaired) electrons. The largest absolute Gasteiger partial charge is 0.391 e. The maximum absolute atomic E-state index is 13.0. The lowest BCUT2D eigenvalue weighted by Crippen LogP contribution is -2.58. The number of benzene rings is 1. The van der Waals surface area contributed by atoms with Gasteiger partial charge in [-0.3, -0.25) is 14.4 Å². The number of amides is 3. The fourth-order valence-corrected chi connectivity index (χ4v) is 4.21. The Bertz CT molecular complexity index is 961. The molecule has 0 bridgehead atoms. The van der Waals surface area contributed by atoms with Crippen LogP contribution in [0, 0.1) is 5.92 Å². The highest BCUT2D eigenvalue weighted by molar-refractivity contribution is 5.94. The maximum atomic E-state index is 13.0. The molecule has 30 heavy (non-hydrogen) atoms. The monoisotopic (exact) mass is 413 g/mol. The number of nitrogens with one attached hydrogen (secondary N) is 4. The molecule has 1 aliphatic heterocycles. The molecule has 4 rings (SSSR count). The fraction of sp³-hybridized carbons (Fsp3) is 0.476. The standard InChI is InChI=1S/C21H27N5O4/c1-10(27)18(19(22)28)26-21(30)17(25-20(29)16-7-11-6-15(11)24-16)8-12-9-23-14-5-3-2-4-13(12)14/h2-5,9-11,15-18,23-24,27H,6-8H2,1H3,(H2,22,28)(H,25,29)(H,26,30)/t10-,11+,15+,16+,17?,18+/m1/s1. The molecule has 1 unspecified atom stereocenters. The van der Waals surface area contributed by atoms with Gasteiger partial charge in [0.1, 0.15) is 12.1 Å². The molecule has 1 aromatic heterocycles. The zero-order valence-corrected chi connectivity index (χ0v) is 16.7. The van der Waals surface area contributed by atoms with Crippen molar-refractivity contribution in [3.63, 3.8) is 0 Å². The molecule has 0 spiro atoms. The molecule has 2 fully saturated rings. The van der Waals surface area contributed by atoms with Crippen LogP contribution in [-0.2, 0) is 20.8 Å². The van der Waals surface area contributed by atoms with Crippen LogP contribution in [0.25, 0.3) is 10.9 Å². The third kappa shape index (κ3) is 4.17. The number of hydrogen-bond donors (Lipinski definition) is 6. The number of hydrogen-bond acceptors (Lipinski definition) is 5. The summed E-state index contributed by atoms with van der Waals surface area (Å²) in [5.41, 5.74) is 7.09. The van der Waals surface area contributed by atoms with Gasteiger partial charge in [-0.2, -0.15) is 0 Å². The Morgan fingerprint density at radius 2 is 2.00 bits per heavy atom. The summed E-state index contributed by atoms with van der Waals surface area (Å²) in [6.45, 7) is 1.37. The van der Waals surface area contributed by atoms with E-state index in [0.29, 0.717) is 12.0 Å². The van der Waals surface area contributed by atoms with E-state index >= 15 is 0 Å². The van der Waals surface area contributed by atoms with E-state index in [1.165, 1.54) is 6.92 Å². The van der Waals surface area contributed by atoms with E-state index in [-0.39, 0.29) is 18.4 Å². The number of rotatable bonds is 8. The molecule has 9 heteroatoms. The number of aromatic amines is 1. The molecular weight excluding hydrogens is 386 g/mol. The van der Waals surface area contributed by atoms with Crippen LogP contribution in [0.2, 0.25) is 0 Å². The van der Waals surface area contributed by atoms with Crippen LogP contribution < -0.4 is 21.7 Å². The summed E-state index contributed by atoms with van der Waals surface area (Å²) in [6.07, 6.45) is 2.74. The number of fused-ring (bicyclic) bond motifs is 2. The highest BCUT2D eigenvalue weighted by Crippen LogP contribution is 2.40. The van der Waals surface area contributed by atoms with Crippen LogP contribution in [0.15, 0.2) is 30.5 Å². The van der Waals surface area contributed by atoms with Gasteiger partial charge in [0, 0.05) is 29.6 Å². The van der Waals surface area contributed by atoms with Crippen LogP contribution in [0.1, 0.15) is 25.3 Å². The van der Waals surface area contributed by atoms with Crippen LogP contribution in [-0.4, -0.2) is 58.1 Å². The fourth-order valence-electron chi connectivity index (χ4n) is 4.21. The Morgan fingerprint density at radius 3 is 2.67 bits per heavy atom. The summed E-state index contributed by atoms with van der Waals surface area (Å²) < 4.78 is 0. The Hall–Kier alpha value is -2.91. The van der Waals surface area contributed by atoms with E-state index in [0.717, 1.165) is 29.3 Å². The van der Waals surface area contributed by atoms with Crippen molar-refractivity contribution in [2.24, 2.45) is 11.7 Å². The van der Waals surface area contributed by atoms with Gasteiger partial charge in [-0.15, -0.1) is 0 Å². The number of carbonyl (C=O) groups excluding carboxylic acids is 3. The second-order valence-electron chi connectivity index (χ2n) is 8.31. The first-order valence-corrected chi connectivity index (χ1v) is 10.2. The van der Waals surface area contributed by atoms with E-state index in [4.69, 9.17) is 5.73 Å². The summed E-state index contributed by atoms with van der Waals surface area (Å²) in [5.74, 6) is -1.11. The Morgan fingerprint density at radius 1 is 1.23 bits per heavy atom. The topological polar surface area (TPSA) is 149 Å². The van der Waals surface area contributed by atoms with E-state index in [1.54, 1.807) is 6.20 Å². The molecule has 1 aliphatic carbocycles. The van der Waals surface area contributed by atoms with Crippen LogP contribution in [0.3, 0.4) is 0 Å². The number of aliphatic hydroxyl groups excluding tert-OH is 1. The summed E-state index contributed by atoms with van der Waals surface area (Å²) in [6, 6.07) is 5.59. The lowest BCUT2D eigenvalue weighted by atomic mass is 10.0. The van der Waals surface area contributed by atoms with Gasteiger partial charge in [-0.25, -0.2) is 0 Å². The molecule has 160 valence electrons. The highest BCUT2D eigenvalue weighted by atomic mass is 16.3. The second-order valence-corrected chi connectivity index (χ2v) is 8.31. The SMILES string of the molecule is C[C@@H](O)[C@H](NC(=O)C(Cc1c[nH]c2ccccc12)NC(=O)[C@@H]1C[C@@H]2C[C@@H]2N1)C(N)=O. The smallest absolute Gasteiger partial charge is 0.243 e. The maximum Gasteiger partial charge on any atom is 0.243 e. The summed E-state index contributed by atoms with van der Waals surface area (Å²) in [4.78, 5) is 40.5. The average Bonchev–Trinajstić information content (AvgIpc) is 3.12. The average molecular weight is 413 g/mol. The van der Waals surface area contributed by atoms with Gasteiger partial charge in [0.05, 0.1) is 12.1 Å². The van der Waals surface area contributed by atoms with Crippen LogP contribution in [0.4, 0.5) is 0 Å². The number of piperidine rings is 1. The number of para-hydroxylation sites is 1. The Balaban J connectivity index is 1.52. The molecule has 1 saturated carbocycles. The minimum atomic E-state index is -1.24. The molecule has 2 aliphatic rings. The van der Waals surface area contributed by atoms with Gasteiger partial charge < -0.3 is 31.8 Å². The van der Waals surface area contributed by atoms with E-state index < -0.39 is 30.0 Å². The van der Waals surface area contributed by atoms with Crippen molar-refractivity contribution in [1.29, 1.82) is 0 Å². The molecule has 9 nitrogen and oxygen atoms in total. The van der Waals surface area contributed by atoms with Crippen molar-refractivity contribution in [1.82, 2.24) is 20.9 Å². The molecule has 3 amide bonds. The van der Waals surface area contributed by atoms with Crippen molar-refractivity contribution in [3.8, 4) is 0 Å². The zero-order valence-electron chi connectivity index (χ0n) is 16.7. The minimum Gasteiger partial charge on any atom is -0.391 e. The summed E-state index contributed by atoms with van der Waals surface area (Å²) in [5, 5.41) is 19.3. The molecule has 2 aromatic rings. The first-order valence-electron chi connectivity index (χ1n) is 10.2. The minimum absolute atomic E-state index is 0.229. The summed E-state index contributed by atoms with van der Waals surface area (Å²) in [7, 11) is 0. The van der Waals surface area contributed by atoms with E-state index in [2.05, 4.69) is 20.9 Å². The van der Waals surface area contributed by atoms with Crippen LogP contribution >= 0.6 is 0 Å². The normalized spacial score (nSPS) is 25.2. The van der Waals surface area contributed by atoms with Gasteiger partial charge in [-0.1, -0.05) is 18.2 Å². The highest BCUT2D eigenvalue weighted by Gasteiger charge is 2.48. The molecule has 6 atom stereocenters. The van der Waals surface area contributed by atoms with Crippen molar-refractivity contribution in [3.05, 3.63) is 36.0 Å². The van der Waals surface area contributed by atoms with Crippen molar-refractivity contribution >= 4 is 28.6 Å². The Labute approximate surface area is 173 Å². The van der Waals surface area contributed by atoms with Gasteiger partial charge in [0.2, 0.25) is 17.7 Å². The van der Waals surface area contributed by atoms with Crippen molar-refractivity contribution < 1.29 is 19.5 Å². The second kappa shape index (κ2) is 8.08. The molecule has 1 saturated heterocycles. The number of H-pyrrole nitrogens is 1. The van der Waals surface area contributed by atoms with Gasteiger partial charge >= 0.3 is 0 Å². The Kier molecular flexibility index (Phi) is 5.48. The first-order chi connectivity index (χ1) is 14.3. The predicted octanol–water partition coefficient (Wildman–Crippen LogP) is -0.703. The first kappa shape index (κ1) is 20.4. The third-order valence-corrected chi connectivity index (χ3v) is 6.01. The van der Waals surface area contributed by atoms with Gasteiger partial charge in [0.15, 0.2) is 0 Å². The van der Waals surface area contributed by atoms with E-state index in [9.17, 15) is 19.5 Å². The van der Waals surface area contributed by atoms with Gasteiger partial charge in [-0.05, 0) is 37.3 Å². The number of aromatic nitrogens is 1. The van der Waals surface area contributed by atoms with Crippen LogP contribution in [0.5, 0.6) is 0 Å². The molecule has 2 heterocycles. The number of nitrogens with two attached hydrogens (primary N) is 1. The third-order valence-electron chi connectivity index (χ3n) is 6.01.